The Labute approximate surface area is 364 Å². The maximum Gasteiger partial charge on any atom is 0.306 e. The smallest absolute Gasteiger partial charge is 0.306 e. The SMILES string of the molecule is CCCCC(=O)NC(CC(OC(C)=O)C1NC(C(=O)NC(Cc2ccc(NC(=O)CNC(=O)CNC(=O)C(CN)N3C(=O)CC(S)C3=O)cc2)CC(C)C(=O)O)=CS1)C(C)C. The van der Waals surface area contributed by atoms with Gasteiger partial charge in [0.05, 0.1) is 24.3 Å². The first-order chi connectivity index (χ1) is 28.8. The van der Waals surface area contributed by atoms with Crippen LogP contribution in [0.4, 0.5) is 5.69 Å². The molecule has 7 atom stereocenters. The first-order valence-electron chi connectivity index (χ1n) is 20.1. The number of thiol groups is 1. The average molecular weight is 891 g/mol. The Kier molecular flexibility index (Phi) is 20.0. The van der Waals surface area contributed by atoms with Crippen LogP contribution in [0.1, 0.15) is 78.7 Å². The van der Waals surface area contributed by atoms with Gasteiger partial charge >= 0.3 is 11.9 Å². The van der Waals surface area contributed by atoms with E-state index in [0.717, 1.165) is 23.3 Å². The Morgan fingerprint density at radius 1 is 0.984 bits per heavy atom. The van der Waals surface area contributed by atoms with E-state index in [1.54, 1.807) is 29.7 Å². The molecular weight excluding hydrogens is 833 g/mol. The summed E-state index contributed by atoms with van der Waals surface area (Å²) in [5.74, 6) is -6.22. The molecule has 9 N–H and O–H groups in total. The number of nitrogens with two attached hydrogens (primary N) is 1. The molecule has 7 unspecified atom stereocenters. The lowest BCUT2D eigenvalue weighted by atomic mass is 9.96. The number of imide groups is 1. The minimum absolute atomic E-state index is 0.0396. The van der Waals surface area contributed by atoms with Crippen molar-refractivity contribution in [3.8, 4) is 0 Å². The second-order valence-corrected chi connectivity index (χ2v) is 16.9. The van der Waals surface area contributed by atoms with Gasteiger partial charge in [-0.25, -0.2) is 0 Å². The number of unbranched alkanes of at least 4 members (excludes halogenated alkanes) is 1. The molecule has 7 amide bonds. The monoisotopic (exact) mass is 890 g/mol. The number of aliphatic carboxylic acids is 1. The van der Waals surface area contributed by atoms with Crippen molar-refractivity contribution >= 4 is 83.4 Å². The summed E-state index contributed by atoms with van der Waals surface area (Å²) < 4.78 is 5.67. The van der Waals surface area contributed by atoms with Gasteiger partial charge in [-0.05, 0) is 42.9 Å². The van der Waals surface area contributed by atoms with Gasteiger partial charge in [-0.3, -0.25) is 48.1 Å². The van der Waals surface area contributed by atoms with Crippen LogP contribution in [0.25, 0.3) is 0 Å². The van der Waals surface area contributed by atoms with Crippen LogP contribution >= 0.6 is 24.4 Å². The average Bonchev–Trinajstić information content (AvgIpc) is 3.79. The molecule has 2 aliphatic rings. The highest BCUT2D eigenvalue weighted by Crippen LogP contribution is 2.29. The van der Waals surface area contributed by atoms with Crippen LogP contribution in [0.3, 0.4) is 0 Å². The third-order valence-corrected chi connectivity index (χ3v) is 11.4. The zero-order valence-corrected chi connectivity index (χ0v) is 36.7. The van der Waals surface area contributed by atoms with E-state index in [2.05, 4.69) is 44.5 Å². The molecule has 2 aliphatic heterocycles. The highest BCUT2D eigenvalue weighted by molar-refractivity contribution is 8.03. The standard InChI is InChI=1S/C40H58N8O11S2/c1-6-7-8-32(50)46-27(21(2)3)15-30(59-23(5)49)38-47-28(20-61-38)36(54)45-26(13-22(4)40(57)58)14-24-9-11-25(12-10-24)44-34(52)19-42-33(51)18-43-37(55)29(17-41)48-35(53)16-31(60)39(48)56/h9-12,20-22,26-27,29-31,38,47,60H,6-8,13-19,41H2,1-5H3,(H,42,51)(H,43,55)(H,44,52)(H,45,54)(H,46,50)(H,57,58). The number of amides is 7. The van der Waals surface area contributed by atoms with Gasteiger partial charge in [-0.15, -0.1) is 11.8 Å². The lowest BCUT2D eigenvalue weighted by molar-refractivity contribution is -0.147. The van der Waals surface area contributed by atoms with E-state index in [1.807, 2.05) is 20.8 Å². The van der Waals surface area contributed by atoms with Crippen LogP contribution in [0.2, 0.25) is 0 Å². The third kappa shape index (κ3) is 16.0. The number of rotatable bonds is 24. The summed E-state index contributed by atoms with van der Waals surface area (Å²) in [5.41, 5.74) is 6.93. The van der Waals surface area contributed by atoms with Crippen molar-refractivity contribution in [2.75, 3.05) is 25.0 Å². The van der Waals surface area contributed by atoms with Crippen LogP contribution in [0.5, 0.6) is 0 Å². The summed E-state index contributed by atoms with van der Waals surface area (Å²) in [6.07, 6.45) is 1.83. The number of carboxylic acids is 1. The maximum atomic E-state index is 13.6. The maximum absolute atomic E-state index is 13.6. The van der Waals surface area contributed by atoms with Crippen molar-refractivity contribution in [3.63, 3.8) is 0 Å². The number of esters is 1. The number of hydrogen-bond acceptors (Lipinski definition) is 14. The molecule has 1 aromatic rings. The molecule has 0 radical (unpaired) electrons. The van der Waals surface area contributed by atoms with Gasteiger partial charge in [-0.1, -0.05) is 46.2 Å². The Morgan fingerprint density at radius 3 is 2.23 bits per heavy atom. The number of likely N-dealkylation sites (tertiary alicyclic amines) is 1. The Bertz CT molecular complexity index is 1810. The number of carbonyl (C=O) groups excluding carboxylic acids is 8. The van der Waals surface area contributed by atoms with Crippen molar-refractivity contribution in [1.29, 1.82) is 0 Å². The molecule has 61 heavy (non-hydrogen) atoms. The number of thioether (sulfide) groups is 1. The summed E-state index contributed by atoms with van der Waals surface area (Å²) in [4.78, 5) is 113. The van der Waals surface area contributed by atoms with E-state index in [1.165, 1.54) is 25.6 Å². The first kappa shape index (κ1) is 50.2. The fraction of sp³-hybridized carbons (Fsp3) is 0.575. The predicted molar refractivity (Wildman–Crippen MR) is 229 cm³/mol. The fourth-order valence-electron chi connectivity index (χ4n) is 6.49. The molecule has 0 bridgehead atoms. The van der Waals surface area contributed by atoms with Gasteiger partial charge in [0.25, 0.3) is 5.91 Å². The van der Waals surface area contributed by atoms with E-state index in [4.69, 9.17) is 10.5 Å². The highest BCUT2D eigenvalue weighted by Gasteiger charge is 2.43. The second-order valence-electron chi connectivity index (χ2n) is 15.3. The number of carbonyl (C=O) groups is 9. The Balaban J connectivity index is 1.55. The predicted octanol–water partition coefficient (Wildman–Crippen LogP) is 0.537. The van der Waals surface area contributed by atoms with Crippen molar-refractivity contribution in [2.45, 2.75) is 114 Å². The van der Waals surface area contributed by atoms with Crippen molar-refractivity contribution in [1.82, 2.24) is 31.5 Å². The van der Waals surface area contributed by atoms with Gasteiger partial charge in [0, 0.05) is 55.9 Å². The molecule has 1 saturated heterocycles. The Hall–Kier alpha value is -5.15. The van der Waals surface area contributed by atoms with Gasteiger partial charge in [0.1, 0.15) is 23.2 Å². The van der Waals surface area contributed by atoms with Gasteiger partial charge < -0.3 is 47.5 Å². The number of ether oxygens (including phenoxy) is 1. The number of nitrogens with one attached hydrogen (secondary N) is 6. The van der Waals surface area contributed by atoms with Gasteiger partial charge in [-0.2, -0.15) is 12.6 Å². The van der Waals surface area contributed by atoms with Crippen LogP contribution in [-0.4, -0.2) is 118 Å². The largest absolute Gasteiger partial charge is 0.481 e. The zero-order valence-electron chi connectivity index (χ0n) is 35.0. The molecule has 0 aromatic heterocycles. The summed E-state index contributed by atoms with van der Waals surface area (Å²) in [7, 11) is 0. The van der Waals surface area contributed by atoms with Crippen LogP contribution in [0.15, 0.2) is 35.4 Å². The van der Waals surface area contributed by atoms with Crippen molar-refractivity contribution in [2.24, 2.45) is 17.6 Å². The third-order valence-electron chi connectivity index (χ3n) is 9.91. The number of carboxylic acid groups (broad SMARTS) is 1. The number of anilines is 1. The molecule has 2 heterocycles. The fourth-order valence-corrected chi connectivity index (χ4v) is 7.76. The van der Waals surface area contributed by atoms with E-state index >= 15 is 0 Å². The molecular formula is C40H58N8O11S2. The topological polar surface area (TPSA) is 285 Å². The summed E-state index contributed by atoms with van der Waals surface area (Å²) in [6.45, 7) is 7.41. The lowest BCUT2D eigenvalue weighted by Gasteiger charge is -2.30. The molecule has 0 spiro atoms. The van der Waals surface area contributed by atoms with Gasteiger partial charge in [0.2, 0.25) is 35.4 Å². The molecule has 0 saturated carbocycles. The highest BCUT2D eigenvalue weighted by atomic mass is 32.2. The zero-order chi connectivity index (χ0) is 45.4. The number of nitrogens with zero attached hydrogens (tertiary/aromatic N) is 1. The minimum atomic E-state index is -1.31. The summed E-state index contributed by atoms with van der Waals surface area (Å²) in [6, 6.07) is 4.39. The van der Waals surface area contributed by atoms with Crippen LogP contribution in [0, 0.1) is 11.8 Å². The molecule has 1 fully saturated rings. The quantitative estimate of drug-likeness (QED) is 0.0389. The number of benzene rings is 1. The first-order valence-corrected chi connectivity index (χ1v) is 21.6. The van der Waals surface area contributed by atoms with E-state index in [9.17, 15) is 48.3 Å². The second kappa shape index (κ2) is 24.3. The summed E-state index contributed by atoms with van der Waals surface area (Å²) >= 11 is 5.29. The van der Waals surface area contributed by atoms with Crippen molar-refractivity contribution < 1.29 is 53.0 Å². The molecule has 21 heteroatoms. The summed E-state index contributed by atoms with van der Waals surface area (Å²) in [5, 5.41) is 26.3. The minimum Gasteiger partial charge on any atom is -0.481 e. The van der Waals surface area contributed by atoms with E-state index in [0.29, 0.717) is 18.5 Å². The van der Waals surface area contributed by atoms with Crippen LogP contribution in [-0.2, 0) is 54.3 Å². The van der Waals surface area contributed by atoms with Crippen molar-refractivity contribution in [3.05, 3.63) is 40.9 Å². The van der Waals surface area contributed by atoms with Crippen LogP contribution < -0.4 is 37.6 Å². The molecule has 1 aromatic carbocycles. The molecule has 0 aliphatic carbocycles. The Morgan fingerprint density at radius 2 is 1.66 bits per heavy atom. The molecule has 19 nitrogen and oxygen atoms in total. The molecule has 3 rings (SSSR count). The van der Waals surface area contributed by atoms with Gasteiger partial charge in [0.15, 0.2) is 0 Å². The normalized spacial score (nSPS) is 18.5. The lowest BCUT2D eigenvalue weighted by Crippen LogP contribution is -2.54. The van der Waals surface area contributed by atoms with E-state index in [-0.39, 0.29) is 49.4 Å². The number of hydrogen-bond donors (Lipinski definition) is 9. The van der Waals surface area contributed by atoms with E-state index < -0.39 is 95.2 Å². The molecule has 336 valence electrons.